The van der Waals surface area contributed by atoms with Gasteiger partial charge >= 0.3 is 6.18 Å². The smallest absolute Gasteiger partial charge is 0.382 e. The second-order valence-corrected chi connectivity index (χ2v) is 4.66. The molecule has 86 valence electrons. The summed E-state index contributed by atoms with van der Waals surface area (Å²) in [6, 6.07) is 0. The van der Waals surface area contributed by atoms with Crippen LogP contribution >= 0.6 is 0 Å². The number of alkyl halides is 3. The summed E-state index contributed by atoms with van der Waals surface area (Å²) in [4.78, 5) is 0. The van der Waals surface area contributed by atoms with E-state index in [1.165, 1.54) is 0 Å². The van der Waals surface area contributed by atoms with Crippen LogP contribution in [-0.2, 0) is 10.2 Å². The first-order chi connectivity index (χ1) is 6.07. The van der Waals surface area contributed by atoms with Crippen LogP contribution in [0.1, 0.15) is 0 Å². The van der Waals surface area contributed by atoms with Crippen LogP contribution in [0, 0.1) is 0 Å². The van der Waals surface area contributed by atoms with E-state index in [9.17, 15) is 21.6 Å². The standard InChI is InChI=1S/C5H11F3N2O3S/c1-10(2)14(12,13)9-3-4(11)5(6,7)8/h4,9,11H,3H2,1-2H3. The maximum absolute atomic E-state index is 11.7. The molecule has 0 radical (unpaired) electrons. The van der Waals surface area contributed by atoms with E-state index in [2.05, 4.69) is 0 Å². The predicted octanol–water partition coefficient (Wildman–Crippen LogP) is -0.694. The van der Waals surface area contributed by atoms with Crippen molar-refractivity contribution in [1.82, 2.24) is 9.03 Å². The Morgan fingerprint density at radius 2 is 1.86 bits per heavy atom. The van der Waals surface area contributed by atoms with Crippen LogP contribution in [-0.4, -0.2) is 50.7 Å². The molecule has 0 aliphatic rings. The predicted molar refractivity (Wildman–Crippen MR) is 42.7 cm³/mol. The summed E-state index contributed by atoms with van der Waals surface area (Å²) in [5, 5.41) is 8.46. The molecular formula is C5H11F3N2O3S. The van der Waals surface area contributed by atoms with E-state index in [0.29, 0.717) is 4.31 Å². The lowest BCUT2D eigenvalue weighted by molar-refractivity contribution is -0.200. The van der Waals surface area contributed by atoms with Gasteiger partial charge in [0.05, 0.1) is 0 Å². The zero-order chi connectivity index (χ0) is 11.6. The quantitative estimate of drug-likeness (QED) is 0.678. The lowest BCUT2D eigenvalue weighted by Gasteiger charge is -2.17. The third-order valence-electron chi connectivity index (χ3n) is 1.32. The van der Waals surface area contributed by atoms with Crippen molar-refractivity contribution in [2.24, 2.45) is 0 Å². The number of hydrogen-bond acceptors (Lipinski definition) is 3. The lowest BCUT2D eigenvalue weighted by atomic mass is 10.4. The van der Waals surface area contributed by atoms with Gasteiger partial charge in [-0.3, -0.25) is 0 Å². The van der Waals surface area contributed by atoms with E-state index in [-0.39, 0.29) is 0 Å². The normalized spacial score (nSPS) is 15.9. The van der Waals surface area contributed by atoms with E-state index in [1.807, 2.05) is 0 Å². The Hall–Kier alpha value is -0.380. The molecule has 1 unspecified atom stereocenters. The average Bonchev–Trinajstić information content (AvgIpc) is 1.98. The largest absolute Gasteiger partial charge is 0.415 e. The van der Waals surface area contributed by atoms with Gasteiger partial charge in [0.25, 0.3) is 10.2 Å². The summed E-state index contributed by atoms with van der Waals surface area (Å²) < 4.78 is 59.3. The van der Waals surface area contributed by atoms with Crippen LogP contribution in [0.25, 0.3) is 0 Å². The van der Waals surface area contributed by atoms with Gasteiger partial charge in [0.15, 0.2) is 6.10 Å². The zero-order valence-corrected chi connectivity index (χ0v) is 8.35. The molecule has 0 aromatic rings. The SMILES string of the molecule is CN(C)S(=O)(=O)NCC(O)C(F)(F)F. The Balaban J connectivity index is 4.22. The molecule has 2 N–H and O–H groups in total. The third kappa shape index (κ3) is 4.22. The van der Waals surface area contributed by atoms with Crippen LogP contribution in [0.4, 0.5) is 13.2 Å². The maximum atomic E-state index is 11.7. The Kier molecular flexibility index (Phi) is 4.31. The van der Waals surface area contributed by atoms with Crippen molar-refractivity contribution in [3.63, 3.8) is 0 Å². The number of halogens is 3. The Morgan fingerprint density at radius 1 is 1.43 bits per heavy atom. The molecule has 14 heavy (non-hydrogen) atoms. The molecule has 0 spiro atoms. The summed E-state index contributed by atoms with van der Waals surface area (Å²) >= 11 is 0. The van der Waals surface area contributed by atoms with E-state index in [0.717, 1.165) is 14.1 Å². The van der Waals surface area contributed by atoms with Crippen molar-refractivity contribution >= 4 is 10.2 Å². The highest BCUT2D eigenvalue weighted by molar-refractivity contribution is 7.87. The molecule has 0 saturated heterocycles. The minimum absolute atomic E-state index is 0.704. The Morgan fingerprint density at radius 3 is 2.14 bits per heavy atom. The van der Waals surface area contributed by atoms with Gasteiger partial charge in [0.2, 0.25) is 0 Å². The monoisotopic (exact) mass is 236 g/mol. The third-order valence-corrected chi connectivity index (χ3v) is 2.81. The fourth-order valence-corrected chi connectivity index (χ4v) is 1.06. The molecule has 0 rings (SSSR count). The fraction of sp³-hybridized carbons (Fsp3) is 1.00. The number of aliphatic hydroxyl groups excluding tert-OH is 1. The highest BCUT2D eigenvalue weighted by atomic mass is 32.2. The van der Waals surface area contributed by atoms with E-state index < -0.39 is 29.0 Å². The van der Waals surface area contributed by atoms with E-state index >= 15 is 0 Å². The minimum Gasteiger partial charge on any atom is -0.382 e. The van der Waals surface area contributed by atoms with Gasteiger partial charge in [0, 0.05) is 20.6 Å². The molecule has 0 fully saturated rings. The van der Waals surface area contributed by atoms with Crippen LogP contribution < -0.4 is 4.72 Å². The molecule has 0 aliphatic carbocycles. The molecule has 0 amide bonds. The molecule has 0 bridgehead atoms. The summed E-state index contributed by atoms with van der Waals surface area (Å²) in [5.41, 5.74) is 0. The van der Waals surface area contributed by atoms with Gasteiger partial charge in [-0.25, -0.2) is 0 Å². The van der Waals surface area contributed by atoms with Crippen molar-refractivity contribution in [1.29, 1.82) is 0 Å². The van der Waals surface area contributed by atoms with Crippen molar-refractivity contribution in [3.8, 4) is 0 Å². The van der Waals surface area contributed by atoms with Crippen LogP contribution in [0.5, 0.6) is 0 Å². The Bertz CT molecular complexity index is 274. The highest BCUT2D eigenvalue weighted by Gasteiger charge is 2.38. The number of rotatable bonds is 4. The Labute approximate surface area is 79.7 Å². The fourth-order valence-electron chi connectivity index (χ4n) is 0.429. The number of nitrogens with one attached hydrogen (secondary N) is 1. The topological polar surface area (TPSA) is 69.6 Å². The number of aliphatic hydroxyl groups is 1. The zero-order valence-electron chi connectivity index (χ0n) is 7.54. The number of nitrogens with zero attached hydrogens (tertiary/aromatic N) is 1. The summed E-state index contributed by atoms with van der Waals surface area (Å²) in [5.74, 6) is 0. The molecule has 0 heterocycles. The summed E-state index contributed by atoms with van der Waals surface area (Å²) in [6.07, 6.45) is -7.52. The minimum atomic E-state index is -4.82. The maximum Gasteiger partial charge on any atom is 0.415 e. The van der Waals surface area contributed by atoms with Gasteiger partial charge in [-0.2, -0.15) is 30.6 Å². The molecular weight excluding hydrogens is 225 g/mol. The molecule has 5 nitrogen and oxygen atoms in total. The molecule has 1 atom stereocenters. The molecule has 0 aromatic heterocycles. The highest BCUT2D eigenvalue weighted by Crippen LogP contribution is 2.19. The van der Waals surface area contributed by atoms with Crippen molar-refractivity contribution in [2.75, 3.05) is 20.6 Å². The van der Waals surface area contributed by atoms with Crippen molar-refractivity contribution in [3.05, 3.63) is 0 Å². The van der Waals surface area contributed by atoms with E-state index in [4.69, 9.17) is 5.11 Å². The van der Waals surface area contributed by atoms with Gasteiger partial charge in [-0.15, -0.1) is 0 Å². The van der Waals surface area contributed by atoms with Gasteiger partial charge in [0.1, 0.15) is 0 Å². The van der Waals surface area contributed by atoms with Crippen LogP contribution in [0.2, 0.25) is 0 Å². The van der Waals surface area contributed by atoms with Crippen molar-refractivity contribution < 1.29 is 26.7 Å². The van der Waals surface area contributed by atoms with Gasteiger partial charge in [-0.1, -0.05) is 0 Å². The van der Waals surface area contributed by atoms with Gasteiger partial charge in [-0.05, 0) is 0 Å². The second-order valence-electron chi connectivity index (χ2n) is 2.69. The molecule has 0 aliphatic heterocycles. The molecule has 0 saturated carbocycles. The molecule has 0 aromatic carbocycles. The van der Waals surface area contributed by atoms with E-state index in [1.54, 1.807) is 4.72 Å². The second kappa shape index (κ2) is 4.43. The summed E-state index contributed by atoms with van der Waals surface area (Å²) in [7, 11) is -1.62. The first-order valence-electron chi connectivity index (χ1n) is 3.49. The number of hydrogen-bond donors (Lipinski definition) is 2. The first kappa shape index (κ1) is 13.6. The lowest BCUT2D eigenvalue weighted by Crippen LogP contribution is -2.44. The summed E-state index contributed by atoms with van der Waals surface area (Å²) in [6.45, 7) is -1.09. The van der Waals surface area contributed by atoms with Crippen LogP contribution in [0.3, 0.4) is 0 Å². The van der Waals surface area contributed by atoms with Crippen LogP contribution in [0.15, 0.2) is 0 Å². The average molecular weight is 236 g/mol. The molecule has 9 heteroatoms. The first-order valence-corrected chi connectivity index (χ1v) is 4.93. The van der Waals surface area contributed by atoms with Crippen molar-refractivity contribution in [2.45, 2.75) is 12.3 Å². The van der Waals surface area contributed by atoms with Gasteiger partial charge < -0.3 is 5.11 Å².